The van der Waals surface area contributed by atoms with Crippen LogP contribution in [0.4, 0.5) is 0 Å². The van der Waals surface area contributed by atoms with Gasteiger partial charge < -0.3 is 10.5 Å². The SMILES string of the molecule is COc1cc(C)c(S(=O)(=O)NC(C)(CN)C(C)C)c(C)c1. The zero-order valence-corrected chi connectivity index (χ0v) is 14.5. The minimum atomic E-state index is -3.65. The molecule has 6 heteroatoms. The van der Waals surface area contributed by atoms with Gasteiger partial charge in [0, 0.05) is 12.1 Å². The highest BCUT2D eigenvalue weighted by Crippen LogP contribution is 2.27. The van der Waals surface area contributed by atoms with E-state index in [1.54, 1.807) is 33.1 Å². The fourth-order valence-corrected chi connectivity index (χ4v) is 4.21. The molecule has 0 aliphatic carbocycles. The van der Waals surface area contributed by atoms with Crippen LogP contribution in [0, 0.1) is 19.8 Å². The molecule has 0 amide bonds. The van der Waals surface area contributed by atoms with Crippen molar-refractivity contribution in [3.8, 4) is 5.75 Å². The number of ether oxygens (including phenoxy) is 1. The van der Waals surface area contributed by atoms with E-state index in [0.29, 0.717) is 21.8 Å². The number of methoxy groups -OCH3 is 1. The molecule has 0 saturated heterocycles. The van der Waals surface area contributed by atoms with Crippen LogP contribution in [0.25, 0.3) is 0 Å². The Kier molecular flexibility index (Phi) is 5.41. The Balaban J connectivity index is 3.33. The first-order chi connectivity index (χ1) is 9.57. The Hall–Kier alpha value is -1.11. The van der Waals surface area contributed by atoms with Crippen LogP contribution in [-0.2, 0) is 10.0 Å². The molecular weight excluding hydrogens is 288 g/mol. The van der Waals surface area contributed by atoms with Gasteiger partial charge in [-0.25, -0.2) is 13.1 Å². The van der Waals surface area contributed by atoms with Gasteiger partial charge in [-0.3, -0.25) is 0 Å². The Bertz CT molecular complexity index is 588. The molecule has 0 fully saturated rings. The van der Waals surface area contributed by atoms with Gasteiger partial charge in [0.1, 0.15) is 5.75 Å². The minimum Gasteiger partial charge on any atom is -0.497 e. The quantitative estimate of drug-likeness (QED) is 0.841. The lowest BCUT2D eigenvalue weighted by molar-refractivity contribution is 0.314. The number of aryl methyl sites for hydroxylation is 2. The molecule has 1 atom stereocenters. The van der Waals surface area contributed by atoms with Crippen molar-refractivity contribution >= 4 is 10.0 Å². The zero-order chi connectivity index (χ0) is 16.4. The molecule has 0 aliphatic rings. The lowest BCUT2D eigenvalue weighted by Crippen LogP contribution is -2.55. The van der Waals surface area contributed by atoms with E-state index in [4.69, 9.17) is 10.5 Å². The number of hydrogen-bond donors (Lipinski definition) is 2. The lowest BCUT2D eigenvalue weighted by Gasteiger charge is -2.33. The molecule has 0 bridgehead atoms. The molecule has 3 N–H and O–H groups in total. The number of hydrogen-bond acceptors (Lipinski definition) is 4. The van der Waals surface area contributed by atoms with Crippen molar-refractivity contribution in [1.82, 2.24) is 4.72 Å². The molecule has 0 radical (unpaired) electrons. The van der Waals surface area contributed by atoms with E-state index < -0.39 is 15.6 Å². The second-order valence-corrected chi connectivity index (χ2v) is 7.59. The third-order valence-corrected chi connectivity index (χ3v) is 5.92. The normalized spacial score (nSPS) is 15.0. The highest BCUT2D eigenvalue weighted by Gasteiger charge is 2.33. The highest BCUT2D eigenvalue weighted by atomic mass is 32.2. The minimum absolute atomic E-state index is 0.0798. The molecule has 0 aliphatic heterocycles. The van der Waals surface area contributed by atoms with Gasteiger partial charge in [-0.2, -0.15) is 0 Å². The first-order valence-electron chi connectivity index (χ1n) is 6.96. The van der Waals surface area contributed by atoms with Gasteiger partial charge in [-0.05, 0) is 49.9 Å². The summed E-state index contributed by atoms with van der Waals surface area (Å²) in [7, 11) is -2.09. The molecule has 1 rings (SSSR count). The molecule has 1 aromatic rings. The summed E-state index contributed by atoms with van der Waals surface area (Å²) in [4.78, 5) is 0.295. The smallest absolute Gasteiger partial charge is 0.241 e. The molecule has 0 aromatic heterocycles. The number of nitrogens with one attached hydrogen (secondary N) is 1. The van der Waals surface area contributed by atoms with Crippen LogP contribution in [0.15, 0.2) is 17.0 Å². The van der Waals surface area contributed by atoms with Crippen molar-refractivity contribution in [3.63, 3.8) is 0 Å². The Labute approximate surface area is 127 Å². The summed E-state index contributed by atoms with van der Waals surface area (Å²) in [6.07, 6.45) is 0. The maximum absolute atomic E-state index is 12.7. The molecule has 0 heterocycles. The van der Waals surface area contributed by atoms with Gasteiger partial charge in [0.2, 0.25) is 10.0 Å². The van der Waals surface area contributed by atoms with E-state index in [0.717, 1.165) is 0 Å². The lowest BCUT2D eigenvalue weighted by atomic mass is 9.90. The standard InChI is InChI=1S/C15H26N2O3S/c1-10(2)15(5,9-16)17-21(18,19)14-11(3)7-13(20-6)8-12(14)4/h7-8,10,17H,9,16H2,1-6H3. The molecule has 0 saturated carbocycles. The first-order valence-corrected chi connectivity index (χ1v) is 8.45. The van der Waals surface area contributed by atoms with Crippen LogP contribution >= 0.6 is 0 Å². The summed E-state index contributed by atoms with van der Waals surface area (Å²) in [5, 5.41) is 0. The van der Waals surface area contributed by atoms with E-state index in [-0.39, 0.29) is 12.5 Å². The largest absolute Gasteiger partial charge is 0.497 e. The fourth-order valence-electron chi connectivity index (χ4n) is 2.21. The predicted molar refractivity (Wildman–Crippen MR) is 85.1 cm³/mol. The van der Waals surface area contributed by atoms with Gasteiger partial charge in [0.15, 0.2) is 0 Å². The summed E-state index contributed by atoms with van der Waals surface area (Å²) in [6.45, 7) is 9.48. The maximum Gasteiger partial charge on any atom is 0.241 e. The highest BCUT2D eigenvalue weighted by molar-refractivity contribution is 7.89. The summed E-state index contributed by atoms with van der Waals surface area (Å²) < 4.78 is 33.4. The van der Waals surface area contributed by atoms with Crippen molar-refractivity contribution in [2.45, 2.75) is 45.1 Å². The monoisotopic (exact) mass is 314 g/mol. The molecule has 21 heavy (non-hydrogen) atoms. The van der Waals surface area contributed by atoms with Crippen LogP contribution in [0.2, 0.25) is 0 Å². The topological polar surface area (TPSA) is 81.4 Å². The number of nitrogens with two attached hydrogens (primary N) is 1. The van der Waals surface area contributed by atoms with Crippen LogP contribution in [0.5, 0.6) is 5.75 Å². The van der Waals surface area contributed by atoms with Crippen LogP contribution in [-0.4, -0.2) is 27.6 Å². The van der Waals surface area contributed by atoms with Crippen LogP contribution in [0.1, 0.15) is 31.9 Å². The second-order valence-electron chi connectivity index (χ2n) is 5.97. The molecule has 120 valence electrons. The first kappa shape index (κ1) is 17.9. The third-order valence-electron chi connectivity index (χ3n) is 4.00. The Morgan fingerprint density at radius 1 is 1.29 bits per heavy atom. The zero-order valence-electron chi connectivity index (χ0n) is 13.6. The number of benzene rings is 1. The average Bonchev–Trinajstić information content (AvgIpc) is 2.36. The summed E-state index contributed by atoms with van der Waals surface area (Å²) in [5.74, 6) is 0.727. The average molecular weight is 314 g/mol. The van der Waals surface area contributed by atoms with Crippen molar-refractivity contribution in [2.24, 2.45) is 11.7 Å². The van der Waals surface area contributed by atoms with Crippen molar-refractivity contribution in [1.29, 1.82) is 0 Å². The van der Waals surface area contributed by atoms with Gasteiger partial charge in [-0.15, -0.1) is 0 Å². The molecule has 1 aromatic carbocycles. The van der Waals surface area contributed by atoms with Gasteiger partial charge in [-0.1, -0.05) is 13.8 Å². The van der Waals surface area contributed by atoms with Crippen molar-refractivity contribution < 1.29 is 13.2 Å². The van der Waals surface area contributed by atoms with Crippen LogP contribution < -0.4 is 15.2 Å². The molecular formula is C15H26N2O3S. The Morgan fingerprint density at radius 2 is 1.76 bits per heavy atom. The van der Waals surface area contributed by atoms with Gasteiger partial charge >= 0.3 is 0 Å². The fraction of sp³-hybridized carbons (Fsp3) is 0.600. The number of rotatable bonds is 6. The van der Waals surface area contributed by atoms with Crippen molar-refractivity contribution in [2.75, 3.05) is 13.7 Å². The molecule has 5 nitrogen and oxygen atoms in total. The van der Waals surface area contributed by atoms with E-state index in [2.05, 4.69) is 4.72 Å². The summed E-state index contributed by atoms with van der Waals surface area (Å²) >= 11 is 0. The maximum atomic E-state index is 12.7. The van der Waals surface area contributed by atoms with Crippen LogP contribution in [0.3, 0.4) is 0 Å². The van der Waals surface area contributed by atoms with E-state index in [1.165, 1.54) is 0 Å². The predicted octanol–water partition coefficient (Wildman–Crippen LogP) is 1.96. The van der Waals surface area contributed by atoms with Gasteiger partial charge in [0.05, 0.1) is 12.0 Å². The van der Waals surface area contributed by atoms with Gasteiger partial charge in [0.25, 0.3) is 0 Å². The summed E-state index contributed by atoms with van der Waals surface area (Å²) in [6, 6.07) is 3.44. The van der Waals surface area contributed by atoms with E-state index in [9.17, 15) is 8.42 Å². The van der Waals surface area contributed by atoms with Crippen molar-refractivity contribution in [3.05, 3.63) is 23.3 Å². The summed E-state index contributed by atoms with van der Waals surface area (Å²) in [5.41, 5.74) is 6.40. The molecule has 0 spiro atoms. The second kappa shape index (κ2) is 6.34. The third kappa shape index (κ3) is 3.75. The Morgan fingerprint density at radius 3 is 2.10 bits per heavy atom. The number of sulfonamides is 1. The molecule has 1 unspecified atom stereocenters. The van der Waals surface area contributed by atoms with E-state index >= 15 is 0 Å². The van der Waals surface area contributed by atoms with E-state index in [1.807, 2.05) is 20.8 Å².